The maximum atomic E-state index is 12.6. The van der Waals surface area contributed by atoms with E-state index in [2.05, 4.69) is 22.3 Å². The number of amides is 3. The maximum Gasteiger partial charge on any atom is 0.317 e. The molecule has 3 amide bonds. The van der Waals surface area contributed by atoms with Crippen LogP contribution in [-0.4, -0.2) is 78.6 Å². The minimum Gasteiger partial charge on any atom is -0.508 e. The van der Waals surface area contributed by atoms with Gasteiger partial charge in [-0.1, -0.05) is 30.3 Å². The van der Waals surface area contributed by atoms with E-state index in [-0.39, 0.29) is 23.7 Å². The minimum absolute atomic E-state index is 0.0817. The predicted molar refractivity (Wildman–Crippen MR) is 112 cm³/mol. The Bertz CT molecular complexity index is 816. The van der Waals surface area contributed by atoms with Crippen LogP contribution in [0.25, 0.3) is 0 Å². The third-order valence-corrected chi connectivity index (χ3v) is 5.22. The van der Waals surface area contributed by atoms with E-state index < -0.39 is 0 Å². The van der Waals surface area contributed by atoms with Crippen molar-refractivity contribution >= 4 is 11.9 Å². The molecule has 2 aromatic carbocycles. The van der Waals surface area contributed by atoms with E-state index in [9.17, 15) is 14.7 Å². The summed E-state index contributed by atoms with van der Waals surface area (Å²) in [5.74, 6) is 0.0522. The maximum absolute atomic E-state index is 12.6. The van der Waals surface area contributed by atoms with E-state index in [4.69, 9.17) is 0 Å². The van der Waals surface area contributed by atoms with Gasteiger partial charge in [-0.05, 0) is 43.9 Å². The molecule has 1 saturated heterocycles. The van der Waals surface area contributed by atoms with Crippen LogP contribution in [0, 0.1) is 0 Å². The highest BCUT2D eigenvalue weighted by Gasteiger charge is 2.25. The third kappa shape index (κ3) is 5.26. The number of piperazine rings is 1. The molecule has 7 nitrogen and oxygen atoms in total. The second kappa shape index (κ2) is 9.43. The van der Waals surface area contributed by atoms with Gasteiger partial charge < -0.3 is 25.1 Å². The van der Waals surface area contributed by atoms with Crippen LogP contribution in [0.3, 0.4) is 0 Å². The molecule has 2 aromatic rings. The second-order valence-electron chi connectivity index (χ2n) is 7.40. The molecular formula is C22H28N4O3. The molecule has 154 valence electrons. The number of rotatable bonds is 5. The molecule has 0 bridgehead atoms. The molecule has 7 heteroatoms. The Labute approximate surface area is 171 Å². The van der Waals surface area contributed by atoms with Crippen molar-refractivity contribution in [2.24, 2.45) is 0 Å². The van der Waals surface area contributed by atoms with Gasteiger partial charge >= 0.3 is 6.03 Å². The molecule has 0 radical (unpaired) electrons. The molecule has 0 aromatic heterocycles. The Hall–Kier alpha value is -3.06. The number of nitrogens with zero attached hydrogens (tertiary/aromatic N) is 3. The van der Waals surface area contributed by atoms with Gasteiger partial charge in [0.2, 0.25) is 0 Å². The molecule has 1 atom stereocenters. The molecule has 2 N–H and O–H groups in total. The summed E-state index contributed by atoms with van der Waals surface area (Å²) in [6.07, 6.45) is 0. The zero-order valence-electron chi connectivity index (χ0n) is 16.9. The lowest BCUT2D eigenvalue weighted by Crippen LogP contribution is -2.53. The number of likely N-dealkylation sites (N-methyl/N-ethyl adjacent to an activating group) is 1. The number of urea groups is 1. The van der Waals surface area contributed by atoms with Crippen LogP contribution in [0.2, 0.25) is 0 Å². The van der Waals surface area contributed by atoms with Crippen LogP contribution in [0.5, 0.6) is 5.75 Å². The lowest BCUT2D eigenvalue weighted by atomic mass is 10.1. The molecule has 1 unspecified atom stereocenters. The van der Waals surface area contributed by atoms with Gasteiger partial charge in [0.25, 0.3) is 5.91 Å². The first-order valence-electron chi connectivity index (χ1n) is 9.78. The first-order valence-corrected chi connectivity index (χ1v) is 9.78. The van der Waals surface area contributed by atoms with Crippen molar-refractivity contribution in [3.63, 3.8) is 0 Å². The first-order chi connectivity index (χ1) is 14.0. The number of carbonyl (C=O) groups excluding carboxylic acids is 2. The summed E-state index contributed by atoms with van der Waals surface area (Å²) in [6.45, 7) is 2.48. The van der Waals surface area contributed by atoms with Crippen molar-refractivity contribution in [2.45, 2.75) is 6.04 Å². The smallest absolute Gasteiger partial charge is 0.317 e. The van der Waals surface area contributed by atoms with Crippen molar-refractivity contribution in [3.8, 4) is 5.75 Å². The number of benzene rings is 2. The number of carbonyl (C=O) groups is 2. The van der Waals surface area contributed by atoms with Crippen molar-refractivity contribution in [3.05, 3.63) is 65.7 Å². The largest absolute Gasteiger partial charge is 0.508 e. The molecule has 0 saturated carbocycles. The summed E-state index contributed by atoms with van der Waals surface area (Å²) in [7, 11) is 4.00. The van der Waals surface area contributed by atoms with E-state index in [0.29, 0.717) is 38.3 Å². The number of phenols is 1. The normalized spacial score (nSPS) is 15.3. The van der Waals surface area contributed by atoms with E-state index >= 15 is 0 Å². The summed E-state index contributed by atoms with van der Waals surface area (Å²) in [5, 5.41) is 12.4. The predicted octanol–water partition coefficient (Wildman–Crippen LogP) is 2.16. The summed E-state index contributed by atoms with van der Waals surface area (Å²) in [4.78, 5) is 30.7. The number of phenolic OH excluding ortho intramolecular Hbond substituents is 1. The van der Waals surface area contributed by atoms with Crippen LogP contribution in [0.4, 0.5) is 4.79 Å². The van der Waals surface area contributed by atoms with E-state index in [1.54, 1.807) is 21.9 Å². The molecule has 1 aliphatic heterocycles. The third-order valence-electron chi connectivity index (χ3n) is 5.22. The molecular weight excluding hydrogens is 368 g/mol. The highest BCUT2D eigenvalue weighted by molar-refractivity contribution is 5.94. The van der Waals surface area contributed by atoms with Crippen LogP contribution >= 0.6 is 0 Å². The molecule has 1 fully saturated rings. The zero-order valence-corrected chi connectivity index (χ0v) is 16.9. The van der Waals surface area contributed by atoms with Gasteiger partial charge in [-0.3, -0.25) is 4.79 Å². The van der Waals surface area contributed by atoms with E-state index in [1.807, 2.05) is 32.3 Å². The molecule has 3 rings (SSSR count). The molecule has 29 heavy (non-hydrogen) atoms. The van der Waals surface area contributed by atoms with Crippen LogP contribution in [0.1, 0.15) is 22.0 Å². The van der Waals surface area contributed by atoms with Gasteiger partial charge in [-0.2, -0.15) is 0 Å². The monoisotopic (exact) mass is 396 g/mol. The topological polar surface area (TPSA) is 76.1 Å². The Morgan fingerprint density at radius 2 is 1.55 bits per heavy atom. The Balaban J connectivity index is 1.50. The Kier molecular flexibility index (Phi) is 6.72. The average Bonchev–Trinajstić information content (AvgIpc) is 2.74. The summed E-state index contributed by atoms with van der Waals surface area (Å²) < 4.78 is 0. The van der Waals surface area contributed by atoms with Crippen LogP contribution < -0.4 is 5.32 Å². The van der Waals surface area contributed by atoms with E-state index in [0.717, 1.165) is 5.56 Å². The standard InChI is InChI=1S/C22H28N4O3/c1-24(2)20(17-6-4-3-5-7-17)16-23-22(29)26-14-12-25(13-15-26)21(28)18-8-10-19(27)11-9-18/h3-11,20,27H,12-16H2,1-2H3,(H,23,29). The summed E-state index contributed by atoms with van der Waals surface area (Å²) in [6, 6.07) is 16.3. The van der Waals surface area contributed by atoms with Gasteiger partial charge in [-0.15, -0.1) is 0 Å². The van der Waals surface area contributed by atoms with Crippen LogP contribution in [0.15, 0.2) is 54.6 Å². The van der Waals surface area contributed by atoms with Gasteiger partial charge in [0, 0.05) is 38.3 Å². The zero-order chi connectivity index (χ0) is 20.8. The van der Waals surface area contributed by atoms with Crippen molar-refractivity contribution in [1.82, 2.24) is 20.0 Å². The quantitative estimate of drug-likeness (QED) is 0.812. The SMILES string of the molecule is CN(C)C(CNC(=O)N1CCN(C(=O)c2ccc(O)cc2)CC1)c1ccccc1. The highest BCUT2D eigenvalue weighted by Crippen LogP contribution is 2.17. The fourth-order valence-corrected chi connectivity index (χ4v) is 3.47. The molecule has 0 aliphatic carbocycles. The summed E-state index contributed by atoms with van der Waals surface area (Å²) in [5.41, 5.74) is 1.69. The number of aromatic hydroxyl groups is 1. The second-order valence-corrected chi connectivity index (χ2v) is 7.40. The number of hydrogen-bond donors (Lipinski definition) is 2. The number of nitrogens with one attached hydrogen (secondary N) is 1. The number of hydrogen-bond acceptors (Lipinski definition) is 4. The van der Waals surface area contributed by atoms with E-state index in [1.165, 1.54) is 12.1 Å². The molecule has 1 heterocycles. The lowest BCUT2D eigenvalue weighted by molar-refractivity contribution is 0.0664. The highest BCUT2D eigenvalue weighted by atomic mass is 16.3. The van der Waals surface area contributed by atoms with Gasteiger partial charge in [0.1, 0.15) is 5.75 Å². The Morgan fingerprint density at radius 1 is 0.966 bits per heavy atom. The van der Waals surface area contributed by atoms with Crippen molar-refractivity contribution in [2.75, 3.05) is 46.8 Å². The fraction of sp³-hybridized carbons (Fsp3) is 0.364. The minimum atomic E-state index is -0.107. The first kappa shape index (κ1) is 20.7. The van der Waals surface area contributed by atoms with Crippen LogP contribution in [-0.2, 0) is 0 Å². The fourth-order valence-electron chi connectivity index (χ4n) is 3.47. The average molecular weight is 396 g/mol. The summed E-state index contributed by atoms with van der Waals surface area (Å²) >= 11 is 0. The molecule has 0 spiro atoms. The lowest BCUT2D eigenvalue weighted by Gasteiger charge is -2.35. The molecule has 1 aliphatic rings. The van der Waals surface area contributed by atoms with Gasteiger partial charge in [0.15, 0.2) is 0 Å². The van der Waals surface area contributed by atoms with Crippen molar-refractivity contribution in [1.29, 1.82) is 0 Å². The van der Waals surface area contributed by atoms with Crippen molar-refractivity contribution < 1.29 is 14.7 Å². The van der Waals surface area contributed by atoms with Gasteiger partial charge in [-0.25, -0.2) is 4.79 Å². The Morgan fingerprint density at radius 3 is 2.14 bits per heavy atom. The van der Waals surface area contributed by atoms with Gasteiger partial charge in [0.05, 0.1) is 6.04 Å².